The van der Waals surface area contributed by atoms with E-state index in [-0.39, 0.29) is 12.3 Å². The number of ether oxygens (including phenoxy) is 3. The molecule has 0 radical (unpaired) electrons. The Kier molecular flexibility index (Phi) is 9.38. The van der Waals surface area contributed by atoms with Gasteiger partial charge >= 0.3 is 5.97 Å². The molecular formula is C13H22O4. The highest BCUT2D eigenvalue weighted by Gasteiger charge is 2.01. The van der Waals surface area contributed by atoms with E-state index in [2.05, 4.69) is 0 Å². The summed E-state index contributed by atoms with van der Waals surface area (Å²) < 4.78 is 15.5. The minimum Gasteiger partial charge on any atom is -0.462 e. The Balaban J connectivity index is 4.12. The topological polar surface area (TPSA) is 44.8 Å². The van der Waals surface area contributed by atoms with E-state index in [0.29, 0.717) is 19.8 Å². The van der Waals surface area contributed by atoms with E-state index in [1.807, 2.05) is 39.0 Å². The molecule has 0 bridgehead atoms. The Hall–Kier alpha value is -1.13. The predicted octanol–water partition coefficient (Wildman–Crippen LogP) is 2.45. The standard InChI is InChI=1S/C13H22O4/c1-5-15-13(16-6-2)8-7-11(3)9-10-17-12(4)14/h7-9,13H,5-6,10H2,1-4H3/b8-7+,11-9+. The average molecular weight is 242 g/mol. The Morgan fingerprint density at radius 1 is 1.18 bits per heavy atom. The zero-order valence-electron chi connectivity index (χ0n) is 11.1. The van der Waals surface area contributed by atoms with E-state index >= 15 is 0 Å². The number of carbonyl (C=O) groups is 1. The number of allylic oxidation sites excluding steroid dienone is 2. The molecule has 17 heavy (non-hydrogen) atoms. The second-order valence-corrected chi connectivity index (χ2v) is 3.39. The van der Waals surface area contributed by atoms with Gasteiger partial charge in [0.15, 0.2) is 6.29 Å². The van der Waals surface area contributed by atoms with Crippen molar-refractivity contribution in [3.8, 4) is 0 Å². The molecule has 0 aliphatic rings. The summed E-state index contributed by atoms with van der Waals surface area (Å²) in [6.07, 6.45) is 5.24. The van der Waals surface area contributed by atoms with Gasteiger partial charge in [0.25, 0.3) is 0 Å². The lowest BCUT2D eigenvalue weighted by Crippen LogP contribution is -2.14. The van der Waals surface area contributed by atoms with Crippen LogP contribution in [-0.2, 0) is 19.0 Å². The fourth-order valence-electron chi connectivity index (χ4n) is 1.08. The van der Waals surface area contributed by atoms with Gasteiger partial charge < -0.3 is 14.2 Å². The Bertz CT molecular complexity index is 263. The summed E-state index contributed by atoms with van der Waals surface area (Å²) in [5.74, 6) is -0.278. The molecule has 98 valence electrons. The van der Waals surface area contributed by atoms with Crippen LogP contribution in [0.3, 0.4) is 0 Å². The normalized spacial score (nSPS) is 12.4. The zero-order chi connectivity index (χ0) is 13.1. The third-order valence-electron chi connectivity index (χ3n) is 1.87. The van der Waals surface area contributed by atoms with Crippen molar-refractivity contribution in [1.29, 1.82) is 0 Å². The second kappa shape index (κ2) is 10.1. The summed E-state index contributed by atoms with van der Waals surface area (Å²) in [6.45, 7) is 8.65. The number of esters is 1. The van der Waals surface area contributed by atoms with Gasteiger partial charge in [0.2, 0.25) is 0 Å². The summed E-state index contributed by atoms with van der Waals surface area (Å²) in [5, 5.41) is 0. The number of hydrogen-bond acceptors (Lipinski definition) is 4. The maximum Gasteiger partial charge on any atom is 0.302 e. The average Bonchev–Trinajstić information content (AvgIpc) is 2.26. The maximum atomic E-state index is 10.6. The molecule has 0 aromatic rings. The molecule has 0 rings (SSSR count). The van der Waals surface area contributed by atoms with Crippen molar-refractivity contribution in [1.82, 2.24) is 0 Å². The van der Waals surface area contributed by atoms with E-state index in [9.17, 15) is 4.79 Å². The minimum absolute atomic E-state index is 0.278. The van der Waals surface area contributed by atoms with Crippen LogP contribution in [0, 0.1) is 0 Å². The molecule has 0 aromatic carbocycles. The first-order chi connectivity index (χ1) is 8.10. The van der Waals surface area contributed by atoms with Crippen LogP contribution in [0.15, 0.2) is 23.8 Å². The van der Waals surface area contributed by atoms with Gasteiger partial charge in [0.1, 0.15) is 6.61 Å². The monoisotopic (exact) mass is 242 g/mol. The van der Waals surface area contributed by atoms with Gasteiger partial charge in [-0.15, -0.1) is 0 Å². The van der Waals surface area contributed by atoms with Crippen LogP contribution in [0.25, 0.3) is 0 Å². The fourth-order valence-corrected chi connectivity index (χ4v) is 1.08. The molecule has 0 amide bonds. The molecule has 0 saturated carbocycles. The predicted molar refractivity (Wildman–Crippen MR) is 66.6 cm³/mol. The molecule has 4 nitrogen and oxygen atoms in total. The van der Waals surface area contributed by atoms with Crippen LogP contribution in [0.1, 0.15) is 27.7 Å². The van der Waals surface area contributed by atoms with E-state index in [4.69, 9.17) is 14.2 Å². The molecule has 0 N–H and O–H groups in total. The van der Waals surface area contributed by atoms with Gasteiger partial charge in [-0.2, -0.15) is 0 Å². The molecule has 0 aliphatic heterocycles. The van der Waals surface area contributed by atoms with Crippen molar-refractivity contribution in [2.75, 3.05) is 19.8 Å². The lowest BCUT2D eigenvalue weighted by molar-refractivity contribution is -0.139. The highest BCUT2D eigenvalue weighted by Crippen LogP contribution is 2.02. The third kappa shape index (κ3) is 9.78. The summed E-state index contributed by atoms with van der Waals surface area (Å²) >= 11 is 0. The van der Waals surface area contributed by atoms with E-state index in [1.165, 1.54) is 6.92 Å². The van der Waals surface area contributed by atoms with Crippen molar-refractivity contribution < 1.29 is 19.0 Å². The Morgan fingerprint density at radius 3 is 2.24 bits per heavy atom. The summed E-state index contributed by atoms with van der Waals surface area (Å²) in [4.78, 5) is 10.6. The lowest BCUT2D eigenvalue weighted by Gasteiger charge is -2.12. The summed E-state index contributed by atoms with van der Waals surface area (Å²) in [7, 11) is 0. The van der Waals surface area contributed by atoms with Gasteiger partial charge in [-0.1, -0.05) is 11.6 Å². The second-order valence-electron chi connectivity index (χ2n) is 3.39. The summed E-state index contributed by atoms with van der Waals surface area (Å²) in [5.41, 5.74) is 0.996. The van der Waals surface area contributed by atoms with Crippen LogP contribution in [-0.4, -0.2) is 32.1 Å². The van der Waals surface area contributed by atoms with Crippen LogP contribution in [0.4, 0.5) is 0 Å². The SMILES string of the molecule is CCOC(/C=C/C(C)=C/COC(C)=O)OCC. The Morgan fingerprint density at radius 2 is 1.76 bits per heavy atom. The first-order valence-corrected chi connectivity index (χ1v) is 5.81. The molecule has 0 aromatic heterocycles. The number of hydrogen-bond donors (Lipinski definition) is 0. The van der Waals surface area contributed by atoms with Gasteiger partial charge in [-0.3, -0.25) is 4.79 Å². The van der Waals surface area contributed by atoms with Crippen molar-refractivity contribution in [2.45, 2.75) is 34.0 Å². The number of carbonyl (C=O) groups excluding carboxylic acids is 1. The Labute approximate surface area is 103 Å². The summed E-state index contributed by atoms with van der Waals surface area (Å²) in [6, 6.07) is 0. The van der Waals surface area contributed by atoms with Crippen molar-refractivity contribution in [3.05, 3.63) is 23.8 Å². The van der Waals surface area contributed by atoms with Gasteiger partial charge in [0, 0.05) is 20.1 Å². The van der Waals surface area contributed by atoms with Crippen LogP contribution in [0.5, 0.6) is 0 Å². The smallest absolute Gasteiger partial charge is 0.302 e. The highest BCUT2D eigenvalue weighted by atomic mass is 16.7. The largest absolute Gasteiger partial charge is 0.462 e. The lowest BCUT2D eigenvalue weighted by atomic mass is 10.2. The first-order valence-electron chi connectivity index (χ1n) is 5.81. The highest BCUT2D eigenvalue weighted by molar-refractivity contribution is 5.66. The minimum atomic E-state index is -0.318. The van der Waals surface area contributed by atoms with E-state index < -0.39 is 0 Å². The van der Waals surface area contributed by atoms with Crippen LogP contribution < -0.4 is 0 Å². The van der Waals surface area contributed by atoms with Crippen molar-refractivity contribution >= 4 is 5.97 Å². The molecule has 4 heteroatoms. The molecule has 0 heterocycles. The molecule has 0 unspecified atom stereocenters. The molecule has 0 aliphatic carbocycles. The van der Waals surface area contributed by atoms with Crippen LogP contribution in [0.2, 0.25) is 0 Å². The van der Waals surface area contributed by atoms with Crippen molar-refractivity contribution in [3.63, 3.8) is 0 Å². The van der Waals surface area contributed by atoms with Crippen LogP contribution >= 0.6 is 0 Å². The maximum absolute atomic E-state index is 10.6. The van der Waals surface area contributed by atoms with Gasteiger partial charge in [-0.05, 0) is 32.9 Å². The van der Waals surface area contributed by atoms with Crippen molar-refractivity contribution in [2.24, 2.45) is 0 Å². The first kappa shape index (κ1) is 15.9. The van der Waals surface area contributed by atoms with Gasteiger partial charge in [0.05, 0.1) is 0 Å². The van der Waals surface area contributed by atoms with E-state index in [1.54, 1.807) is 0 Å². The molecule has 0 saturated heterocycles. The third-order valence-corrected chi connectivity index (χ3v) is 1.87. The van der Waals surface area contributed by atoms with E-state index in [0.717, 1.165) is 5.57 Å². The number of rotatable bonds is 8. The molecule has 0 fully saturated rings. The molecular weight excluding hydrogens is 220 g/mol. The van der Waals surface area contributed by atoms with Gasteiger partial charge in [-0.25, -0.2) is 0 Å². The fraction of sp³-hybridized carbons (Fsp3) is 0.615. The quantitative estimate of drug-likeness (QED) is 0.372. The molecule has 0 spiro atoms. The zero-order valence-corrected chi connectivity index (χ0v) is 11.1. The molecule has 0 atom stereocenters.